The summed E-state index contributed by atoms with van der Waals surface area (Å²) >= 11 is 6.92. The van der Waals surface area contributed by atoms with Crippen LogP contribution in [0.15, 0.2) is 16.3 Å². The molecule has 0 aliphatic heterocycles. The van der Waals surface area contributed by atoms with Crippen LogP contribution in [0.5, 0.6) is 0 Å². The van der Waals surface area contributed by atoms with Gasteiger partial charge in [0.15, 0.2) is 0 Å². The molecule has 1 heterocycles. The van der Waals surface area contributed by atoms with Crippen LogP contribution < -0.4 is 0 Å². The minimum Gasteiger partial charge on any atom is -0.206 e. The zero-order chi connectivity index (χ0) is 13.2. The first-order valence-corrected chi connectivity index (χ1v) is 8.22. The highest BCUT2D eigenvalue weighted by molar-refractivity contribution is 7.91. The molecule has 17 heavy (non-hydrogen) atoms. The van der Waals surface area contributed by atoms with Crippen LogP contribution in [-0.4, -0.2) is 25.8 Å². The number of halogens is 1. The van der Waals surface area contributed by atoms with Crippen molar-refractivity contribution in [3.8, 4) is 0 Å². The summed E-state index contributed by atoms with van der Waals surface area (Å²) in [4.78, 5) is 0.871. The van der Waals surface area contributed by atoms with E-state index in [2.05, 4.69) is 0 Å². The summed E-state index contributed by atoms with van der Waals surface area (Å²) in [5.74, 6) is 0.631. The van der Waals surface area contributed by atoms with Crippen LogP contribution in [0.25, 0.3) is 0 Å². The second-order valence-electron chi connectivity index (χ2n) is 4.36. The number of sulfonamides is 1. The van der Waals surface area contributed by atoms with Gasteiger partial charge >= 0.3 is 0 Å². The molecule has 3 nitrogen and oxygen atoms in total. The highest BCUT2D eigenvalue weighted by Gasteiger charge is 2.28. The molecule has 1 unspecified atom stereocenters. The molecule has 0 saturated heterocycles. The monoisotopic (exact) mass is 295 g/mol. The number of alkyl halides is 1. The number of hydrogen-bond donors (Lipinski definition) is 0. The van der Waals surface area contributed by atoms with Gasteiger partial charge in [0.1, 0.15) is 4.21 Å². The third-order valence-electron chi connectivity index (χ3n) is 2.94. The van der Waals surface area contributed by atoms with Gasteiger partial charge in [-0.2, -0.15) is 4.31 Å². The van der Waals surface area contributed by atoms with Crippen LogP contribution in [0.3, 0.4) is 0 Å². The molecule has 0 spiro atoms. The van der Waals surface area contributed by atoms with Crippen LogP contribution in [0.4, 0.5) is 0 Å². The first-order chi connectivity index (χ1) is 7.80. The quantitative estimate of drug-likeness (QED) is 0.783. The number of thiophene rings is 1. The van der Waals surface area contributed by atoms with E-state index in [-0.39, 0.29) is 12.0 Å². The molecule has 98 valence electrons. The molecule has 1 rings (SSSR count). The molecule has 0 radical (unpaired) electrons. The van der Waals surface area contributed by atoms with E-state index in [4.69, 9.17) is 11.6 Å². The standard InChI is InChI=1S/C11H18ClNO2S2/c1-8(2)9(3)13(4)17(14,15)11-6-5-10(7-12)16-11/h5-6,8-9H,7H2,1-4H3. The number of rotatable bonds is 5. The van der Waals surface area contributed by atoms with Gasteiger partial charge in [-0.25, -0.2) is 8.42 Å². The fourth-order valence-corrected chi connectivity index (χ4v) is 4.49. The Balaban J connectivity index is 3.02. The fraction of sp³-hybridized carbons (Fsp3) is 0.636. The molecule has 1 atom stereocenters. The molecule has 0 aliphatic carbocycles. The lowest BCUT2D eigenvalue weighted by Gasteiger charge is -2.26. The molecule has 0 fully saturated rings. The van der Waals surface area contributed by atoms with E-state index >= 15 is 0 Å². The van der Waals surface area contributed by atoms with Crippen molar-refractivity contribution < 1.29 is 8.42 Å². The molecule has 0 saturated carbocycles. The van der Waals surface area contributed by atoms with E-state index in [9.17, 15) is 8.42 Å². The summed E-state index contributed by atoms with van der Waals surface area (Å²) in [6.07, 6.45) is 0. The lowest BCUT2D eigenvalue weighted by molar-refractivity contribution is 0.316. The number of hydrogen-bond acceptors (Lipinski definition) is 3. The molecule has 0 aliphatic rings. The normalized spacial score (nSPS) is 14.5. The zero-order valence-corrected chi connectivity index (χ0v) is 12.9. The van der Waals surface area contributed by atoms with Crippen molar-refractivity contribution in [3.05, 3.63) is 17.0 Å². The first-order valence-electron chi connectivity index (χ1n) is 5.43. The summed E-state index contributed by atoms with van der Waals surface area (Å²) < 4.78 is 26.4. The molecule has 1 aromatic heterocycles. The molecular weight excluding hydrogens is 278 g/mol. The minimum absolute atomic E-state index is 0.0263. The minimum atomic E-state index is -3.38. The maximum Gasteiger partial charge on any atom is 0.252 e. The maximum atomic E-state index is 12.3. The Kier molecular flexibility index (Phi) is 5.01. The predicted octanol–water partition coefficient (Wildman–Crippen LogP) is 3.15. The Morgan fingerprint density at radius 2 is 1.94 bits per heavy atom. The summed E-state index contributed by atoms with van der Waals surface area (Å²) in [7, 11) is -1.75. The lowest BCUT2D eigenvalue weighted by atomic mass is 10.1. The van der Waals surface area contributed by atoms with E-state index in [1.54, 1.807) is 19.2 Å². The Morgan fingerprint density at radius 3 is 2.35 bits per heavy atom. The van der Waals surface area contributed by atoms with Crippen LogP contribution >= 0.6 is 22.9 Å². The van der Waals surface area contributed by atoms with Crippen molar-refractivity contribution in [3.63, 3.8) is 0 Å². The molecule has 6 heteroatoms. The Labute approximate surface area is 112 Å². The Hall–Kier alpha value is -0.100. The second-order valence-corrected chi connectivity index (χ2v) is 8.02. The lowest BCUT2D eigenvalue weighted by Crippen LogP contribution is -2.37. The molecule has 0 N–H and O–H groups in total. The average molecular weight is 296 g/mol. The fourth-order valence-electron chi connectivity index (χ4n) is 1.35. The van der Waals surface area contributed by atoms with Gasteiger partial charge in [-0.15, -0.1) is 22.9 Å². The summed E-state index contributed by atoms with van der Waals surface area (Å²) in [6, 6.07) is 3.36. The van der Waals surface area contributed by atoms with E-state index in [0.717, 1.165) is 4.88 Å². The summed E-state index contributed by atoms with van der Waals surface area (Å²) in [5.41, 5.74) is 0. The van der Waals surface area contributed by atoms with Crippen molar-refractivity contribution in [1.82, 2.24) is 4.31 Å². The van der Waals surface area contributed by atoms with Gasteiger partial charge in [-0.3, -0.25) is 0 Å². The van der Waals surface area contributed by atoms with E-state index in [1.165, 1.54) is 15.6 Å². The van der Waals surface area contributed by atoms with Crippen molar-refractivity contribution in [1.29, 1.82) is 0 Å². The predicted molar refractivity (Wildman–Crippen MR) is 73.1 cm³/mol. The smallest absolute Gasteiger partial charge is 0.206 e. The van der Waals surface area contributed by atoms with E-state index in [1.807, 2.05) is 20.8 Å². The molecule has 1 aromatic rings. The van der Waals surface area contributed by atoms with Crippen molar-refractivity contribution >= 4 is 33.0 Å². The molecule has 0 amide bonds. The van der Waals surface area contributed by atoms with Crippen molar-refractivity contribution in [2.45, 2.75) is 36.9 Å². The van der Waals surface area contributed by atoms with Gasteiger partial charge in [0, 0.05) is 18.0 Å². The third-order valence-corrected chi connectivity index (χ3v) is 6.88. The molecule has 0 aromatic carbocycles. The van der Waals surface area contributed by atoms with Gasteiger partial charge in [-0.1, -0.05) is 13.8 Å². The third kappa shape index (κ3) is 3.22. The van der Waals surface area contributed by atoms with Gasteiger partial charge in [0.05, 0.1) is 5.88 Å². The Bertz CT molecular complexity index is 468. The summed E-state index contributed by atoms with van der Waals surface area (Å²) in [6.45, 7) is 5.93. The first kappa shape index (κ1) is 15.0. The zero-order valence-electron chi connectivity index (χ0n) is 10.5. The highest BCUT2D eigenvalue weighted by Crippen LogP contribution is 2.27. The SMILES string of the molecule is CC(C)C(C)N(C)S(=O)(=O)c1ccc(CCl)s1. The highest BCUT2D eigenvalue weighted by atomic mass is 35.5. The molecular formula is C11H18ClNO2S2. The molecule has 0 bridgehead atoms. The summed E-state index contributed by atoms with van der Waals surface area (Å²) in [5, 5.41) is 0. The topological polar surface area (TPSA) is 37.4 Å². The van der Waals surface area contributed by atoms with Crippen LogP contribution in [0, 0.1) is 5.92 Å². The van der Waals surface area contributed by atoms with Gasteiger partial charge in [0.2, 0.25) is 0 Å². The van der Waals surface area contributed by atoms with Gasteiger partial charge < -0.3 is 0 Å². The van der Waals surface area contributed by atoms with Crippen LogP contribution in [0.1, 0.15) is 25.6 Å². The largest absolute Gasteiger partial charge is 0.252 e. The average Bonchev–Trinajstić information content (AvgIpc) is 2.75. The van der Waals surface area contributed by atoms with Gasteiger partial charge in [0.25, 0.3) is 10.0 Å². The van der Waals surface area contributed by atoms with Crippen LogP contribution in [-0.2, 0) is 15.9 Å². The number of nitrogens with zero attached hydrogens (tertiary/aromatic N) is 1. The maximum absolute atomic E-state index is 12.3. The van der Waals surface area contributed by atoms with E-state index < -0.39 is 10.0 Å². The van der Waals surface area contributed by atoms with Crippen LogP contribution in [0.2, 0.25) is 0 Å². The van der Waals surface area contributed by atoms with Gasteiger partial charge in [-0.05, 0) is 25.0 Å². The van der Waals surface area contributed by atoms with Crippen molar-refractivity contribution in [2.75, 3.05) is 7.05 Å². The Morgan fingerprint density at radius 1 is 1.35 bits per heavy atom. The van der Waals surface area contributed by atoms with E-state index in [0.29, 0.717) is 10.1 Å². The second kappa shape index (κ2) is 5.69. The van der Waals surface area contributed by atoms with Crippen molar-refractivity contribution in [2.24, 2.45) is 5.92 Å².